The Morgan fingerprint density at radius 1 is 0.571 bits per heavy atom. The Morgan fingerprint density at radius 3 is 1.68 bits per heavy atom. The summed E-state index contributed by atoms with van der Waals surface area (Å²) in [5.74, 6) is 1.73. The van der Waals surface area contributed by atoms with Crippen LogP contribution in [-0.2, 0) is 0 Å². The minimum atomic E-state index is 0.867. The normalized spacial score (nSPS) is 12.0. The SMILES string of the molecule is CN(c1ccccc1)c1ccc(N2c3ccccc3Oc3ccccc32)cc1. The average Bonchev–Trinajstić information content (AvgIpc) is 2.77. The Bertz CT molecular complexity index is 1060. The summed E-state index contributed by atoms with van der Waals surface area (Å²) < 4.78 is 6.10. The number of ether oxygens (including phenoxy) is 1. The van der Waals surface area contributed by atoms with Crippen molar-refractivity contribution in [3.63, 3.8) is 0 Å². The highest BCUT2D eigenvalue weighted by Gasteiger charge is 2.25. The zero-order valence-electron chi connectivity index (χ0n) is 15.6. The minimum absolute atomic E-state index is 0.867. The van der Waals surface area contributed by atoms with Crippen LogP contribution in [0.15, 0.2) is 103 Å². The summed E-state index contributed by atoms with van der Waals surface area (Å²) in [5, 5.41) is 0. The third kappa shape index (κ3) is 2.78. The first-order chi connectivity index (χ1) is 13.8. The van der Waals surface area contributed by atoms with Crippen molar-refractivity contribution in [1.29, 1.82) is 0 Å². The van der Waals surface area contributed by atoms with Gasteiger partial charge in [-0.3, -0.25) is 0 Å². The molecular weight excluding hydrogens is 344 g/mol. The molecule has 0 amide bonds. The van der Waals surface area contributed by atoms with Crippen LogP contribution in [0.25, 0.3) is 0 Å². The molecule has 0 saturated heterocycles. The Balaban J connectivity index is 1.55. The van der Waals surface area contributed by atoms with Gasteiger partial charge in [0.15, 0.2) is 11.5 Å². The molecule has 5 rings (SSSR count). The van der Waals surface area contributed by atoms with E-state index in [1.807, 2.05) is 42.5 Å². The predicted octanol–water partition coefficient (Wildman–Crippen LogP) is 7.03. The minimum Gasteiger partial charge on any atom is -0.453 e. The van der Waals surface area contributed by atoms with Gasteiger partial charge in [0.2, 0.25) is 0 Å². The van der Waals surface area contributed by atoms with Crippen molar-refractivity contribution in [2.24, 2.45) is 0 Å². The van der Waals surface area contributed by atoms with Gasteiger partial charge in [-0.05, 0) is 60.7 Å². The molecular formula is C25H20N2O. The lowest BCUT2D eigenvalue weighted by molar-refractivity contribution is 0.477. The van der Waals surface area contributed by atoms with E-state index in [0.717, 1.165) is 39.9 Å². The van der Waals surface area contributed by atoms with E-state index in [1.165, 1.54) is 0 Å². The van der Waals surface area contributed by atoms with E-state index < -0.39 is 0 Å². The molecule has 0 fully saturated rings. The summed E-state index contributed by atoms with van der Waals surface area (Å²) in [6.07, 6.45) is 0. The summed E-state index contributed by atoms with van der Waals surface area (Å²) in [7, 11) is 2.09. The van der Waals surface area contributed by atoms with Gasteiger partial charge in [0.05, 0.1) is 11.4 Å². The number of rotatable bonds is 3. The van der Waals surface area contributed by atoms with Gasteiger partial charge in [0.1, 0.15) is 0 Å². The summed E-state index contributed by atoms with van der Waals surface area (Å²) in [4.78, 5) is 4.44. The van der Waals surface area contributed by atoms with E-state index in [-0.39, 0.29) is 0 Å². The molecule has 1 heterocycles. The number of hydrogen-bond acceptors (Lipinski definition) is 3. The third-order valence-corrected chi connectivity index (χ3v) is 5.07. The van der Waals surface area contributed by atoms with Gasteiger partial charge in [-0.15, -0.1) is 0 Å². The predicted molar refractivity (Wildman–Crippen MR) is 116 cm³/mol. The molecule has 0 atom stereocenters. The highest BCUT2D eigenvalue weighted by Crippen LogP contribution is 2.50. The topological polar surface area (TPSA) is 15.7 Å². The Labute approximate surface area is 165 Å². The number of para-hydroxylation sites is 5. The lowest BCUT2D eigenvalue weighted by Crippen LogP contribution is -2.16. The lowest BCUT2D eigenvalue weighted by Gasteiger charge is -2.33. The summed E-state index contributed by atoms with van der Waals surface area (Å²) in [5.41, 5.74) is 5.51. The van der Waals surface area contributed by atoms with Crippen molar-refractivity contribution in [2.75, 3.05) is 16.8 Å². The van der Waals surface area contributed by atoms with Gasteiger partial charge in [-0.2, -0.15) is 0 Å². The lowest BCUT2D eigenvalue weighted by atomic mass is 10.1. The number of hydrogen-bond donors (Lipinski definition) is 0. The van der Waals surface area contributed by atoms with Gasteiger partial charge in [-0.25, -0.2) is 0 Å². The Kier molecular flexibility index (Phi) is 3.99. The molecule has 0 spiro atoms. The van der Waals surface area contributed by atoms with Crippen LogP contribution in [0, 0.1) is 0 Å². The fraction of sp³-hybridized carbons (Fsp3) is 0.0400. The van der Waals surface area contributed by atoms with E-state index in [1.54, 1.807) is 0 Å². The van der Waals surface area contributed by atoms with Crippen molar-refractivity contribution >= 4 is 28.4 Å². The quantitative estimate of drug-likeness (QED) is 0.342. The number of fused-ring (bicyclic) bond motifs is 2. The van der Waals surface area contributed by atoms with Crippen LogP contribution in [0.3, 0.4) is 0 Å². The fourth-order valence-corrected chi connectivity index (χ4v) is 3.61. The maximum absolute atomic E-state index is 6.10. The maximum atomic E-state index is 6.10. The molecule has 136 valence electrons. The molecule has 0 aromatic heterocycles. The van der Waals surface area contributed by atoms with Gasteiger partial charge >= 0.3 is 0 Å². The summed E-state index contributed by atoms with van der Waals surface area (Å²) in [6, 6.07) is 35.3. The highest BCUT2D eigenvalue weighted by molar-refractivity contribution is 5.86. The third-order valence-electron chi connectivity index (χ3n) is 5.07. The van der Waals surface area contributed by atoms with Crippen LogP contribution in [0.1, 0.15) is 0 Å². The van der Waals surface area contributed by atoms with Crippen LogP contribution in [0.4, 0.5) is 28.4 Å². The number of nitrogens with zero attached hydrogens (tertiary/aromatic N) is 2. The van der Waals surface area contributed by atoms with Crippen molar-refractivity contribution in [3.05, 3.63) is 103 Å². The molecule has 0 saturated carbocycles. The fourth-order valence-electron chi connectivity index (χ4n) is 3.61. The monoisotopic (exact) mass is 364 g/mol. The van der Waals surface area contributed by atoms with Crippen LogP contribution < -0.4 is 14.5 Å². The van der Waals surface area contributed by atoms with Crippen LogP contribution in [0.5, 0.6) is 11.5 Å². The van der Waals surface area contributed by atoms with Crippen molar-refractivity contribution in [2.45, 2.75) is 0 Å². The first-order valence-corrected chi connectivity index (χ1v) is 9.36. The second-order valence-corrected chi connectivity index (χ2v) is 6.78. The van der Waals surface area contributed by atoms with Gasteiger partial charge in [0.25, 0.3) is 0 Å². The van der Waals surface area contributed by atoms with Gasteiger partial charge in [-0.1, -0.05) is 42.5 Å². The largest absolute Gasteiger partial charge is 0.453 e. The highest BCUT2D eigenvalue weighted by atomic mass is 16.5. The molecule has 1 aliphatic heterocycles. The van der Waals surface area contributed by atoms with Gasteiger partial charge < -0.3 is 14.5 Å². The van der Waals surface area contributed by atoms with Gasteiger partial charge in [0, 0.05) is 24.1 Å². The molecule has 0 aliphatic carbocycles. The van der Waals surface area contributed by atoms with E-state index >= 15 is 0 Å². The number of benzene rings is 4. The average molecular weight is 364 g/mol. The van der Waals surface area contributed by atoms with Crippen LogP contribution in [0.2, 0.25) is 0 Å². The van der Waals surface area contributed by atoms with Crippen LogP contribution in [-0.4, -0.2) is 7.05 Å². The Hall–Kier alpha value is -3.72. The van der Waals surface area contributed by atoms with Crippen molar-refractivity contribution in [1.82, 2.24) is 0 Å². The second-order valence-electron chi connectivity index (χ2n) is 6.78. The molecule has 0 unspecified atom stereocenters. The van der Waals surface area contributed by atoms with Crippen molar-refractivity contribution in [3.8, 4) is 11.5 Å². The van der Waals surface area contributed by atoms with E-state index in [2.05, 4.69) is 77.5 Å². The first kappa shape index (κ1) is 16.5. The zero-order chi connectivity index (χ0) is 18.9. The molecule has 3 heteroatoms. The molecule has 0 bridgehead atoms. The molecule has 28 heavy (non-hydrogen) atoms. The maximum Gasteiger partial charge on any atom is 0.151 e. The second kappa shape index (κ2) is 6.78. The van der Waals surface area contributed by atoms with Crippen molar-refractivity contribution < 1.29 is 4.74 Å². The van der Waals surface area contributed by atoms with E-state index in [9.17, 15) is 0 Å². The summed E-state index contributed by atoms with van der Waals surface area (Å²) >= 11 is 0. The summed E-state index contributed by atoms with van der Waals surface area (Å²) in [6.45, 7) is 0. The number of anilines is 5. The molecule has 3 nitrogen and oxygen atoms in total. The molecule has 4 aromatic rings. The first-order valence-electron chi connectivity index (χ1n) is 9.36. The Morgan fingerprint density at radius 2 is 1.07 bits per heavy atom. The van der Waals surface area contributed by atoms with E-state index in [0.29, 0.717) is 0 Å². The van der Waals surface area contributed by atoms with E-state index in [4.69, 9.17) is 4.74 Å². The van der Waals surface area contributed by atoms with Crippen LogP contribution >= 0.6 is 0 Å². The smallest absolute Gasteiger partial charge is 0.151 e. The molecule has 0 radical (unpaired) electrons. The zero-order valence-corrected chi connectivity index (χ0v) is 15.6. The molecule has 1 aliphatic rings. The molecule has 4 aromatic carbocycles. The standard InChI is InChI=1S/C25H20N2O/c1-26(19-9-3-2-4-10-19)20-15-17-21(18-16-20)27-22-11-5-7-13-24(22)28-25-14-8-6-12-23(25)27/h2-18H,1H3. The molecule has 0 N–H and O–H groups in total.